The Labute approximate surface area is 102 Å². The van der Waals surface area contributed by atoms with Gasteiger partial charge in [-0.1, -0.05) is 11.6 Å². The Morgan fingerprint density at radius 2 is 2.24 bits per heavy atom. The van der Waals surface area contributed by atoms with E-state index in [1.807, 2.05) is 13.8 Å². The molecule has 1 heterocycles. The fourth-order valence-electron chi connectivity index (χ4n) is 1.42. The Morgan fingerprint density at radius 1 is 1.53 bits per heavy atom. The number of nitrogens with one attached hydrogen (secondary N) is 1. The van der Waals surface area contributed by atoms with Gasteiger partial charge in [0.2, 0.25) is 0 Å². The molecule has 94 valence electrons. The Kier molecular flexibility index (Phi) is 4.97. The molecule has 4 nitrogen and oxygen atoms in total. The number of allylic oxidation sites excluding steroid dienone is 1. The van der Waals surface area contributed by atoms with Gasteiger partial charge in [0, 0.05) is 6.54 Å². The number of aryl methyl sites for hydroxylation is 1. The number of hydrogen-bond donors (Lipinski definition) is 1. The summed E-state index contributed by atoms with van der Waals surface area (Å²) in [6, 6.07) is 1.72. The average molecular weight is 237 g/mol. The van der Waals surface area contributed by atoms with E-state index in [-0.39, 0.29) is 5.97 Å². The minimum Gasteiger partial charge on any atom is -0.465 e. The maximum absolute atomic E-state index is 11.4. The van der Waals surface area contributed by atoms with E-state index in [1.165, 1.54) is 12.7 Å². The highest BCUT2D eigenvalue weighted by molar-refractivity contribution is 5.90. The van der Waals surface area contributed by atoms with Crippen molar-refractivity contribution in [2.75, 3.05) is 13.7 Å². The summed E-state index contributed by atoms with van der Waals surface area (Å²) < 4.78 is 10.1. The lowest BCUT2D eigenvalue weighted by molar-refractivity contribution is 0.0599. The van der Waals surface area contributed by atoms with Crippen LogP contribution in [0.4, 0.5) is 0 Å². The van der Waals surface area contributed by atoms with Gasteiger partial charge in [0.25, 0.3) is 0 Å². The zero-order valence-corrected chi connectivity index (χ0v) is 10.8. The van der Waals surface area contributed by atoms with E-state index < -0.39 is 0 Å². The number of ether oxygens (including phenoxy) is 1. The molecule has 1 N–H and O–H groups in total. The van der Waals surface area contributed by atoms with Gasteiger partial charge in [0.05, 0.1) is 13.7 Å². The molecule has 0 radical (unpaired) electrons. The molecule has 1 aromatic rings. The van der Waals surface area contributed by atoms with Gasteiger partial charge in [-0.05, 0) is 26.8 Å². The summed E-state index contributed by atoms with van der Waals surface area (Å²) in [5, 5.41) is 3.21. The summed E-state index contributed by atoms with van der Waals surface area (Å²) in [6.45, 7) is 7.24. The Balaban J connectivity index is 2.56. The molecular formula is C13H19NO3. The topological polar surface area (TPSA) is 51.5 Å². The van der Waals surface area contributed by atoms with Crippen LogP contribution in [0.25, 0.3) is 0 Å². The van der Waals surface area contributed by atoms with Crippen LogP contribution in [0, 0.1) is 6.92 Å². The van der Waals surface area contributed by atoms with E-state index >= 15 is 0 Å². The van der Waals surface area contributed by atoms with Crippen molar-refractivity contribution in [3.63, 3.8) is 0 Å². The molecule has 0 amide bonds. The molecule has 0 unspecified atom stereocenters. The second-order valence-corrected chi connectivity index (χ2v) is 4.09. The van der Waals surface area contributed by atoms with Gasteiger partial charge in [-0.15, -0.1) is 0 Å². The monoisotopic (exact) mass is 237 g/mol. The summed E-state index contributed by atoms with van der Waals surface area (Å²) in [4.78, 5) is 11.4. The highest BCUT2D eigenvalue weighted by Crippen LogP contribution is 2.15. The van der Waals surface area contributed by atoms with Crippen molar-refractivity contribution < 1.29 is 13.9 Å². The molecule has 0 saturated carbocycles. The molecule has 0 fully saturated rings. The van der Waals surface area contributed by atoms with Crippen molar-refractivity contribution in [3.8, 4) is 0 Å². The SMILES string of the molecule is COC(=O)c1cc(CNCC=C(C)C)oc1C. The zero-order chi connectivity index (χ0) is 12.8. The van der Waals surface area contributed by atoms with E-state index in [0.29, 0.717) is 17.9 Å². The molecule has 4 heteroatoms. The molecular weight excluding hydrogens is 218 g/mol. The second-order valence-electron chi connectivity index (χ2n) is 4.09. The maximum atomic E-state index is 11.4. The number of esters is 1. The molecule has 0 saturated heterocycles. The van der Waals surface area contributed by atoms with Gasteiger partial charge < -0.3 is 14.5 Å². The van der Waals surface area contributed by atoms with E-state index in [4.69, 9.17) is 4.42 Å². The predicted octanol–water partition coefficient (Wildman–Crippen LogP) is 2.43. The van der Waals surface area contributed by atoms with Crippen molar-refractivity contribution in [3.05, 3.63) is 34.8 Å². The highest BCUT2D eigenvalue weighted by Gasteiger charge is 2.14. The quantitative estimate of drug-likeness (QED) is 0.485. The van der Waals surface area contributed by atoms with Gasteiger partial charge in [-0.2, -0.15) is 0 Å². The lowest BCUT2D eigenvalue weighted by Crippen LogP contribution is -2.12. The molecule has 1 rings (SSSR count). The first-order valence-corrected chi connectivity index (χ1v) is 5.56. The van der Waals surface area contributed by atoms with Crippen molar-refractivity contribution in [2.24, 2.45) is 0 Å². The molecule has 17 heavy (non-hydrogen) atoms. The average Bonchev–Trinajstić information content (AvgIpc) is 2.65. The lowest BCUT2D eigenvalue weighted by atomic mass is 10.2. The number of methoxy groups -OCH3 is 1. The minimum atomic E-state index is -0.359. The summed E-state index contributed by atoms with van der Waals surface area (Å²) in [5.74, 6) is 0.975. The Morgan fingerprint density at radius 3 is 2.82 bits per heavy atom. The van der Waals surface area contributed by atoms with Crippen LogP contribution in [0.15, 0.2) is 22.1 Å². The largest absolute Gasteiger partial charge is 0.465 e. The van der Waals surface area contributed by atoms with Crippen molar-refractivity contribution in [2.45, 2.75) is 27.3 Å². The smallest absolute Gasteiger partial charge is 0.341 e. The molecule has 0 aromatic carbocycles. The van der Waals surface area contributed by atoms with Crippen LogP contribution in [0.3, 0.4) is 0 Å². The fraction of sp³-hybridized carbons (Fsp3) is 0.462. The van der Waals surface area contributed by atoms with Crippen LogP contribution in [0.1, 0.15) is 35.7 Å². The van der Waals surface area contributed by atoms with Crippen molar-refractivity contribution in [1.29, 1.82) is 0 Å². The number of hydrogen-bond acceptors (Lipinski definition) is 4. The third kappa shape index (κ3) is 4.07. The first kappa shape index (κ1) is 13.5. The van der Waals surface area contributed by atoms with Crippen LogP contribution in [0.5, 0.6) is 0 Å². The van der Waals surface area contributed by atoms with Crippen LogP contribution in [-0.4, -0.2) is 19.6 Å². The van der Waals surface area contributed by atoms with Crippen LogP contribution >= 0.6 is 0 Å². The highest BCUT2D eigenvalue weighted by atomic mass is 16.5. The zero-order valence-electron chi connectivity index (χ0n) is 10.8. The predicted molar refractivity (Wildman–Crippen MR) is 65.9 cm³/mol. The van der Waals surface area contributed by atoms with Crippen LogP contribution in [-0.2, 0) is 11.3 Å². The molecule has 0 aliphatic carbocycles. The van der Waals surface area contributed by atoms with Crippen molar-refractivity contribution >= 4 is 5.97 Å². The van der Waals surface area contributed by atoms with Gasteiger partial charge in [0.1, 0.15) is 17.1 Å². The van der Waals surface area contributed by atoms with Crippen LogP contribution in [0.2, 0.25) is 0 Å². The number of carbonyl (C=O) groups excluding carboxylic acids is 1. The lowest BCUT2D eigenvalue weighted by Gasteiger charge is -1.98. The van der Waals surface area contributed by atoms with Crippen LogP contribution < -0.4 is 5.32 Å². The maximum Gasteiger partial charge on any atom is 0.341 e. The van der Waals surface area contributed by atoms with Gasteiger partial charge in [0.15, 0.2) is 0 Å². The van der Waals surface area contributed by atoms with E-state index in [0.717, 1.165) is 12.3 Å². The Bertz CT molecular complexity index is 414. The standard InChI is InChI=1S/C13H19NO3/c1-9(2)5-6-14-8-11-7-12(10(3)17-11)13(15)16-4/h5,7,14H,6,8H2,1-4H3. The summed E-state index contributed by atoms with van der Waals surface area (Å²) >= 11 is 0. The molecule has 0 aliphatic rings. The van der Waals surface area contributed by atoms with E-state index in [2.05, 4.69) is 16.1 Å². The second kappa shape index (κ2) is 6.25. The Hall–Kier alpha value is -1.55. The first-order chi connectivity index (χ1) is 8.04. The third-order valence-corrected chi connectivity index (χ3v) is 2.33. The molecule has 0 aliphatic heterocycles. The molecule has 0 bridgehead atoms. The van der Waals surface area contributed by atoms with Gasteiger partial charge in [-0.3, -0.25) is 0 Å². The van der Waals surface area contributed by atoms with Gasteiger partial charge >= 0.3 is 5.97 Å². The molecule has 1 aromatic heterocycles. The number of furan rings is 1. The minimum absolute atomic E-state index is 0.359. The normalized spacial score (nSPS) is 10.1. The number of rotatable bonds is 5. The van der Waals surface area contributed by atoms with Gasteiger partial charge in [-0.25, -0.2) is 4.79 Å². The first-order valence-electron chi connectivity index (χ1n) is 5.56. The van der Waals surface area contributed by atoms with E-state index in [9.17, 15) is 4.79 Å². The fourth-order valence-corrected chi connectivity index (χ4v) is 1.42. The van der Waals surface area contributed by atoms with E-state index in [1.54, 1.807) is 13.0 Å². The summed E-state index contributed by atoms with van der Waals surface area (Å²) in [5.41, 5.74) is 1.76. The van der Waals surface area contributed by atoms with Crippen molar-refractivity contribution in [1.82, 2.24) is 5.32 Å². The third-order valence-electron chi connectivity index (χ3n) is 2.33. The number of carbonyl (C=O) groups is 1. The summed E-state index contributed by atoms with van der Waals surface area (Å²) in [6.07, 6.45) is 2.09. The summed E-state index contributed by atoms with van der Waals surface area (Å²) in [7, 11) is 1.36. The molecule has 0 atom stereocenters. The molecule has 0 spiro atoms.